The van der Waals surface area contributed by atoms with Crippen molar-refractivity contribution in [1.29, 1.82) is 0 Å². The lowest BCUT2D eigenvalue weighted by Gasteiger charge is -1.98. The quantitative estimate of drug-likeness (QED) is 0.625. The Kier molecular flexibility index (Phi) is 2.34. The van der Waals surface area contributed by atoms with Gasteiger partial charge in [-0.15, -0.1) is 11.3 Å². The van der Waals surface area contributed by atoms with Crippen LogP contribution in [0.1, 0.15) is 16.1 Å². The van der Waals surface area contributed by atoms with Crippen LogP contribution in [0.25, 0.3) is 16.0 Å². The van der Waals surface area contributed by atoms with Crippen LogP contribution in [0.2, 0.25) is 0 Å². The van der Waals surface area contributed by atoms with E-state index in [1.54, 1.807) is 11.3 Å². The van der Waals surface area contributed by atoms with Gasteiger partial charge in [-0.25, -0.2) is 0 Å². The van der Waals surface area contributed by atoms with Gasteiger partial charge >= 0.3 is 0 Å². The first-order valence-electron chi connectivity index (χ1n) is 5.40. The third-order valence-corrected chi connectivity index (χ3v) is 3.77. The van der Waals surface area contributed by atoms with Crippen molar-refractivity contribution in [3.63, 3.8) is 0 Å². The zero-order valence-corrected chi connectivity index (χ0v) is 10.2. The lowest BCUT2D eigenvalue weighted by Crippen LogP contribution is -1.91. The summed E-state index contributed by atoms with van der Waals surface area (Å²) >= 11 is 1.65. The van der Waals surface area contributed by atoms with E-state index >= 15 is 0 Å². The molecule has 2 nitrogen and oxygen atoms in total. The molecule has 17 heavy (non-hydrogen) atoms. The lowest BCUT2D eigenvalue weighted by molar-refractivity contribution is 0.111. The number of rotatable bonds is 2. The summed E-state index contributed by atoms with van der Waals surface area (Å²) < 4.78 is 1.94. The summed E-state index contributed by atoms with van der Waals surface area (Å²) in [6, 6.07) is 10.2. The SMILES string of the molecule is Cc1ccn2c(C=O)c(-c3cccs3)cc2c1. The van der Waals surface area contributed by atoms with Crippen LogP contribution < -0.4 is 0 Å². The molecule has 0 saturated carbocycles. The van der Waals surface area contributed by atoms with Crippen molar-refractivity contribution in [2.75, 3.05) is 0 Å². The third-order valence-electron chi connectivity index (χ3n) is 2.87. The van der Waals surface area contributed by atoms with Gasteiger partial charge < -0.3 is 4.40 Å². The summed E-state index contributed by atoms with van der Waals surface area (Å²) in [7, 11) is 0. The summed E-state index contributed by atoms with van der Waals surface area (Å²) in [6.45, 7) is 2.05. The van der Waals surface area contributed by atoms with Gasteiger partial charge in [-0.05, 0) is 42.1 Å². The van der Waals surface area contributed by atoms with Crippen molar-refractivity contribution in [1.82, 2.24) is 4.40 Å². The lowest BCUT2D eigenvalue weighted by atomic mass is 10.2. The summed E-state index contributed by atoms with van der Waals surface area (Å²) in [5, 5.41) is 2.03. The molecule has 3 rings (SSSR count). The predicted octanol–water partition coefficient (Wildman–Crippen LogP) is 3.79. The van der Waals surface area contributed by atoms with Crippen LogP contribution in [0.5, 0.6) is 0 Å². The van der Waals surface area contributed by atoms with Crippen LogP contribution >= 0.6 is 11.3 Å². The van der Waals surface area contributed by atoms with E-state index < -0.39 is 0 Å². The highest BCUT2D eigenvalue weighted by Gasteiger charge is 2.11. The van der Waals surface area contributed by atoms with Crippen LogP contribution in [0, 0.1) is 6.92 Å². The summed E-state index contributed by atoms with van der Waals surface area (Å²) in [5.41, 5.74) is 4.00. The number of aldehydes is 1. The van der Waals surface area contributed by atoms with Crippen LogP contribution in [0.3, 0.4) is 0 Å². The average molecular weight is 241 g/mol. The molecule has 0 fully saturated rings. The largest absolute Gasteiger partial charge is 0.314 e. The molecule has 0 aliphatic rings. The van der Waals surface area contributed by atoms with E-state index in [2.05, 4.69) is 19.1 Å². The predicted molar refractivity (Wildman–Crippen MR) is 70.8 cm³/mol. The number of nitrogens with zero attached hydrogens (tertiary/aromatic N) is 1. The van der Waals surface area contributed by atoms with Gasteiger partial charge in [-0.3, -0.25) is 4.79 Å². The topological polar surface area (TPSA) is 21.5 Å². The number of carbonyl (C=O) groups excluding carboxylic acids is 1. The number of hydrogen-bond acceptors (Lipinski definition) is 2. The fourth-order valence-electron chi connectivity index (χ4n) is 2.06. The van der Waals surface area contributed by atoms with Crippen LogP contribution in [0.15, 0.2) is 41.9 Å². The molecule has 0 radical (unpaired) electrons. The summed E-state index contributed by atoms with van der Waals surface area (Å²) in [4.78, 5) is 12.4. The number of carbonyl (C=O) groups is 1. The molecule has 0 unspecified atom stereocenters. The second-order valence-electron chi connectivity index (χ2n) is 4.04. The number of fused-ring (bicyclic) bond motifs is 1. The molecular formula is C14H11NOS. The highest BCUT2D eigenvalue weighted by atomic mass is 32.1. The summed E-state index contributed by atoms with van der Waals surface area (Å²) in [6.07, 6.45) is 2.88. The second kappa shape index (κ2) is 3.86. The Hall–Kier alpha value is -1.87. The average Bonchev–Trinajstić information content (AvgIpc) is 2.94. The fourth-order valence-corrected chi connectivity index (χ4v) is 2.81. The molecule has 0 saturated heterocycles. The monoisotopic (exact) mass is 241 g/mol. The first kappa shape index (κ1) is 10.3. The molecule has 0 aliphatic carbocycles. The van der Waals surface area contributed by atoms with Gasteiger partial charge in [0.2, 0.25) is 0 Å². The number of thiophene rings is 1. The minimum atomic E-state index is 0.724. The Balaban J connectivity index is 2.35. The molecule has 84 valence electrons. The van der Waals surface area contributed by atoms with E-state index in [0.29, 0.717) is 0 Å². The molecule has 0 amide bonds. The standard InChI is InChI=1S/C14H11NOS/c1-10-4-5-15-11(7-10)8-12(13(15)9-16)14-3-2-6-17-14/h2-9H,1H3. The maximum atomic E-state index is 11.3. The maximum Gasteiger partial charge on any atom is 0.167 e. The zero-order valence-electron chi connectivity index (χ0n) is 9.38. The molecule has 0 N–H and O–H groups in total. The molecule has 0 aliphatic heterocycles. The molecule has 0 atom stereocenters. The van der Waals surface area contributed by atoms with E-state index in [9.17, 15) is 4.79 Å². The third kappa shape index (κ3) is 1.59. The molecular weight excluding hydrogens is 230 g/mol. The molecule has 0 aromatic carbocycles. The molecule has 3 aromatic rings. The first-order valence-corrected chi connectivity index (χ1v) is 6.28. The van der Waals surface area contributed by atoms with E-state index in [1.165, 1.54) is 5.56 Å². The van der Waals surface area contributed by atoms with Crippen molar-refractivity contribution in [3.8, 4) is 10.4 Å². The van der Waals surface area contributed by atoms with Gasteiger partial charge in [0, 0.05) is 22.2 Å². The van der Waals surface area contributed by atoms with Gasteiger partial charge in [0.15, 0.2) is 6.29 Å². The Morgan fingerprint density at radius 1 is 1.29 bits per heavy atom. The van der Waals surface area contributed by atoms with E-state index in [0.717, 1.165) is 27.9 Å². The second-order valence-corrected chi connectivity index (χ2v) is 4.99. The fraction of sp³-hybridized carbons (Fsp3) is 0.0714. The zero-order chi connectivity index (χ0) is 11.8. The highest BCUT2D eigenvalue weighted by molar-refractivity contribution is 7.13. The van der Waals surface area contributed by atoms with E-state index in [-0.39, 0.29) is 0 Å². The summed E-state index contributed by atoms with van der Waals surface area (Å²) in [5.74, 6) is 0. The molecule has 3 heterocycles. The highest BCUT2D eigenvalue weighted by Crippen LogP contribution is 2.30. The van der Waals surface area contributed by atoms with Crippen molar-refractivity contribution < 1.29 is 4.79 Å². The molecule has 3 aromatic heterocycles. The Bertz CT molecular complexity index is 680. The minimum Gasteiger partial charge on any atom is -0.314 e. The van der Waals surface area contributed by atoms with Crippen LogP contribution in [-0.4, -0.2) is 10.7 Å². The van der Waals surface area contributed by atoms with Gasteiger partial charge in [0.1, 0.15) is 0 Å². The Morgan fingerprint density at radius 3 is 2.88 bits per heavy atom. The van der Waals surface area contributed by atoms with Crippen molar-refractivity contribution in [3.05, 3.63) is 53.2 Å². The van der Waals surface area contributed by atoms with E-state index in [4.69, 9.17) is 0 Å². The van der Waals surface area contributed by atoms with Crippen LogP contribution in [0.4, 0.5) is 0 Å². The number of aryl methyl sites for hydroxylation is 1. The Morgan fingerprint density at radius 2 is 2.18 bits per heavy atom. The number of hydrogen-bond donors (Lipinski definition) is 0. The molecule has 0 spiro atoms. The first-order chi connectivity index (χ1) is 8.29. The van der Waals surface area contributed by atoms with Crippen molar-refractivity contribution >= 4 is 23.1 Å². The maximum absolute atomic E-state index is 11.3. The van der Waals surface area contributed by atoms with Gasteiger partial charge in [0.05, 0.1) is 5.69 Å². The minimum absolute atomic E-state index is 0.724. The van der Waals surface area contributed by atoms with Gasteiger partial charge in [-0.2, -0.15) is 0 Å². The van der Waals surface area contributed by atoms with Crippen molar-refractivity contribution in [2.24, 2.45) is 0 Å². The van der Waals surface area contributed by atoms with Crippen molar-refractivity contribution in [2.45, 2.75) is 6.92 Å². The van der Waals surface area contributed by atoms with E-state index in [1.807, 2.05) is 34.2 Å². The molecule has 0 bridgehead atoms. The number of pyridine rings is 1. The van der Waals surface area contributed by atoms with Gasteiger partial charge in [0.25, 0.3) is 0 Å². The number of aromatic nitrogens is 1. The van der Waals surface area contributed by atoms with Crippen LogP contribution in [-0.2, 0) is 0 Å². The van der Waals surface area contributed by atoms with Gasteiger partial charge in [-0.1, -0.05) is 6.07 Å². The Labute approximate surface area is 103 Å². The normalized spacial score (nSPS) is 10.9. The molecule has 3 heteroatoms. The smallest absolute Gasteiger partial charge is 0.167 e.